The molecule has 1 heterocycles. The molecule has 6 nitrogen and oxygen atoms in total. The van der Waals surface area contributed by atoms with Crippen molar-refractivity contribution in [2.24, 2.45) is 0 Å². The molecule has 0 bridgehead atoms. The zero-order chi connectivity index (χ0) is 12.7. The van der Waals surface area contributed by atoms with E-state index in [4.69, 9.17) is 10.5 Å². The predicted octanol–water partition coefficient (Wildman–Crippen LogP) is -0.219. The van der Waals surface area contributed by atoms with E-state index in [2.05, 4.69) is 10.3 Å². The van der Waals surface area contributed by atoms with Crippen LogP contribution in [-0.2, 0) is 16.0 Å². The molecule has 96 valence electrons. The maximum Gasteiger partial charge on any atom is 0.226 e. The summed E-state index contributed by atoms with van der Waals surface area (Å²) in [6.07, 6.45) is 0.141. The van der Waals surface area contributed by atoms with E-state index in [9.17, 15) is 9.90 Å². The van der Waals surface area contributed by atoms with Crippen LogP contribution in [0.5, 0.6) is 0 Å². The first-order valence-electron chi connectivity index (χ1n) is 5.25. The average molecular weight is 259 g/mol. The Morgan fingerprint density at radius 1 is 1.76 bits per heavy atom. The van der Waals surface area contributed by atoms with E-state index in [1.807, 2.05) is 0 Å². The Balaban J connectivity index is 2.17. The van der Waals surface area contributed by atoms with Crippen molar-refractivity contribution >= 4 is 22.4 Å². The topological polar surface area (TPSA) is 97.5 Å². The minimum Gasteiger partial charge on any atom is -0.391 e. The Morgan fingerprint density at radius 3 is 3.12 bits per heavy atom. The summed E-state index contributed by atoms with van der Waals surface area (Å²) in [4.78, 5) is 15.5. The molecule has 0 aliphatic heterocycles. The summed E-state index contributed by atoms with van der Waals surface area (Å²) in [6, 6.07) is 0. The Morgan fingerprint density at radius 2 is 2.53 bits per heavy atom. The number of ether oxygens (including phenoxy) is 1. The highest BCUT2D eigenvalue weighted by atomic mass is 32.1. The van der Waals surface area contributed by atoms with Crippen molar-refractivity contribution in [3.8, 4) is 0 Å². The number of rotatable bonds is 7. The Bertz CT molecular complexity index is 356. The van der Waals surface area contributed by atoms with Crippen LogP contribution in [0.1, 0.15) is 12.1 Å². The van der Waals surface area contributed by atoms with Crippen LogP contribution in [0.3, 0.4) is 0 Å². The Kier molecular flexibility index (Phi) is 5.88. The fraction of sp³-hybridized carbons (Fsp3) is 0.600. The number of methoxy groups -OCH3 is 1. The van der Waals surface area contributed by atoms with Crippen LogP contribution in [0.15, 0.2) is 5.38 Å². The average Bonchev–Trinajstić information content (AvgIpc) is 2.64. The van der Waals surface area contributed by atoms with Gasteiger partial charge in [0.2, 0.25) is 5.91 Å². The molecule has 0 aliphatic carbocycles. The number of hydrogen-bond donors (Lipinski definition) is 3. The van der Waals surface area contributed by atoms with Crippen molar-refractivity contribution in [3.05, 3.63) is 11.1 Å². The van der Waals surface area contributed by atoms with Gasteiger partial charge < -0.3 is 20.9 Å². The standard InChI is InChI=1S/C10H17N3O3S/c1-16-5-8(14)2-3-12-9(15)4-7-6-17-10(11)13-7/h6,8,14H,2-5H2,1H3,(H2,11,13)(H,12,15). The smallest absolute Gasteiger partial charge is 0.226 e. The second-order valence-corrected chi connectivity index (χ2v) is 4.49. The number of anilines is 1. The minimum absolute atomic E-state index is 0.125. The SMILES string of the molecule is COCC(O)CCNC(=O)Cc1csc(N)n1. The number of aliphatic hydroxyl groups is 1. The molecule has 0 radical (unpaired) electrons. The molecule has 7 heteroatoms. The van der Waals surface area contributed by atoms with Gasteiger partial charge in [0.1, 0.15) is 0 Å². The highest BCUT2D eigenvalue weighted by Crippen LogP contribution is 2.11. The van der Waals surface area contributed by atoms with Crippen LogP contribution in [0.2, 0.25) is 0 Å². The number of amides is 1. The number of hydrogen-bond acceptors (Lipinski definition) is 6. The molecule has 1 amide bonds. The second-order valence-electron chi connectivity index (χ2n) is 3.60. The summed E-state index contributed by atoms with van der Waals surface area (Å²) < 4.78 is 4.77. The van der Waals surface area contributed by atoms with E-state index in [1.165, 1.54) is 18.4 Å². The van der Waals surface area contributed by atoms with Gasteiger partial charge in [-0.2, -0.15) is 0 Å². The van der Waals surface area contributed by atoms with Gasteiger partial charge >= 0.3 is 0 Å². The van der Waals surface area contributed by atoms with Gasteiger partial charge in [-0.05, 0) is 6.42 Å². The largest absolute Gasteiger partial charge is 0.391 e. The van der Waals surface area contributed by atoms with Gasteiger partial charge in [-0.15, -0.1) is 11.3 Å². The summed E-state index contributed by atoms with van der Waals surface area (Å²) in [5, 5.41) is 14.3. The summed E-state index contributed by atoms with van der Waals surface area (Å²) in [5.41, 5.74) is 6.13. The zero-order valence-electron chi connectivity index (χ0n) is 9.68. The number of nitrogens with one attached hydrogen (secondary N) is 1. The van der Waals surface area contributed by atoms with Crippen LogP contribution in [0.25, 0.3) is 0 Å². The predicted molar refractivity (Wildman–Crippen MR) is 65.7 cm³/mol. The summed E-state index contributed by atoms with van der Waals surface area (Å²) in [6.45, 7) is 0.696. The van der Waals surface area contributed by atoms with Crippen LogP contribution in [-0.4, -0.2) is 42.4 Å². The highest BCUT2D eigenvalue weighted by molar-refractivity contribution is 7.13. The molecule has 0 aromatic carbocycles. The number of carbonyl (C=O) groups is 1. The molecule has 1 aromatic heterocycles. The number of nitrogen functional groups attached to an aromatic ring is 1. The molecule has 1 aromatic rings. The molecule has 1 rings (SSSR count). The molecule has 4 N–H and O–H groups in total. The molecule has 0 fully saturated rings. The van der Waals surface area contributed by atoms with Gasteiger partial charge in [0.15, 0.2) is 5.13 Å². The van der Waals surface area contributed by atoms with Gasteiger partial charge in [-0.25, -0.2) is 4.98 Å². The third-order valence-electron chi connectivity index (χ3n) is 2.07. The summed E-state index contributed by atoms with van der Waals surface area (Å²) in [5.74, 6) is -0.125. The lowest BCUT2D eigenvalue weighted by atomic mass is 10.2. The summed E-state index contributed by atoms with van der Waals surface area (Å²) >= 11 is 1.31. The van der Waals surface area contributed by atoms with Crippen LogP contribution in [0, 0.1) is 0 Å². The van der Waals surface area contributed by atoms with Gasteiger partial charge in [-0.3, -0.25) is 4.79 Å². The maximum atomic E-state index is 11.5. The minimum atomic E-state index is -0.546. The van der Waals surface area contributed by atoms with Crippen molar-refractivity contribution in [1.82, 2.24) is 10.3 Å². The number of carbonyl (C=O) groups excluding carboxylic acids is 1. The zero-order valence-corrected chi connectivity index (χ0v) is 10.5. The third kappa shape index (κ3) is 5.62. The van der Waals surface area contributed by atoms with Crippen LogP contribution < -0.4 is 11.1 Å². The van der Waals surface area contributed by atoms with Crippen molar-refractivity contribution in [2.45, 2.75) is 18.9 Å². The van der Waals surface area contributed by atoms with Crippen molar-refractivity contribution < 1.29 is 14.6 Å². The normalized spacial score (nSPS) is 12.4. The number of thiazole rings is 1. The van der Waals surface area contributed by atoms with E-state index in [-0.39, 0.29) is 18.9 Å². The molecule has 0 saturated carbocycles. The molecule has 0 aliphatic rings. The fourth-order valence-electron chi connectivity index (χ4n) is 1.28. The van der Waals surface area contributed by atoms with E-state index in [0.29, 0.717) is 23.8 Å². The Labute approximate surface area is 104 Å². The van der Waals surface area contributed by atoms with Crippen molar-refractivity contribution in [1.29, 1.82) is 0 Å². The first kappa shape index (κ1) is 13.9. The second kappa shape index (κ2) is 7.21. The lowest BCUT2D eigenvalue weighted by molar-refractivity contribution is -0.120. The van der Waals surface area contributed by atoms with Gasteiger partial charge in [-0.1, -0.05) is 0 Å². The first-order valence-corrected chi connectivity index (χ1v) is 6.13. The number of nitrogens with two attached hydrogens (primary N) is 1. The molecule has 17 heavy (non-hydrogen) atoms. The molecule has 0 spiro atoms. The Hall–Kier alpha value is -1.18. The van der Waals surface area contributed by atoms with Crippen LogP contribution >= 0.6 is 11.3 Å². The summed E-state index contributed by atoms with van der Waals surface area (Å²) in [7, 11) is 1.52. The van der Waals surface area contributed by atoms with Crippen molar-refractivity contribution in [3.63, 3.8) is 0 Å². The quantitative estimate of drug-likeness (QED) is 0.629. The molecule has 0 saturated heterocycles. The van der Waals surface area contributed by atoms with Gasteiger partial charge in [0.25, 0.3) is 0 Å². The molecule has 1 atom stereocenters. The number of nitrogens with zero attached hydrogens (tertiary/aromatic N) is 1. The van der Waals surface area contributed by atoms with Gasteiger partial charge in [0.05, 0.1) is 24.8 Å². The first-order chi connectivity index (χ1) is 8.11. The highest BCUT2D eigenvalue weighted by Gasteiger charge is 2.08. The third-order valence-corrected chi connectivity index (χ3v) is 2.79. The van der Waals surface area contributed by atoms with E-state index in [0.717, 1.165) is 0 Å². The van der Waals surface area contributed by atoms with Crippen LogP contribution in [0.4, 0.5) is 5.13 Å². The fourth-order valence-corrected chi connectivity index (χ4v) is 1.85. The van der Waals surface area contributed by atoms with Crippen molar-refractivity contribution in [2.75, 3.05) is 26.0 Å². The van der Waals surface area contributed by atoms with E-state index < -0.39 is 6.10 Å². The monoisotopic (exact) mass is 259 g/mol. The number of aromatic nitrogens is 1. The molecule has 1 unspecified atom stereocenters. The maximum absolute atomic E-state index is 11.5. The van der Waals surface area contributed by atoms with E-state index >= 15 is 0 Å². The van der Waals surface area contributed by atoms with E-state index in [1.54, 1.807) is 5.38 Å². The lowest BCUT2D eigenvalue weighted by Crippen LogP contribution is -2.29. The molecular formula is C10H17N3O3S. The van der Waals surface area contributed by atoms with Gasteiger partial charge in [0, 0.05) is 19.0 Å². The number of aliphatic hydroxyl groups excluding tert-OH is 1. The lowest BCUT2D eigenvalue weighted by Gasteiger charge is -2.09. The molecular weight excluding hydrogens is 242 g/mol.